The quantitative estimate of drug-likeness (QED) is 0.349. The molecule has 3 aromatic rings. The summed E-state index contributed by atoms with van der Waals surface area (Å²) >= 11 is 6.29. The number of nitrogens with one attached hydrogen (secondary N) is 2. The summed E-state index contributed by atoms with van der Waals surface area (Å²) in [4.78, 5) is 26.1. The van der Waals surface area contributed by atoms with Crippen molar-refractivity contribution in [2.45, 2.75) is 43.9 Å². The highest BCUT2D eigenvalue weighted by Crippen LogP contribution is 2.31. The van der Waals surface area contributed by atoms with Crippen molar-refractivity contribution in [1.82, 2.24) is 25.2 Å². The summed E-state index contributed by atoms with van der Waals surface area (Å²) in [6, 6.07) is 3.60. The van der Waals surface area contributed by atoms with Crippen LogP contribution in [-0.4, -0.2) is 94.7 Å². The van der Waals surface area contributed by atoms with Crippen LogP contribution in [-0.2, 0) is 16.1 Å². The molecule has 214 valence electrons. The largest absolute Gasteiger partial charge is 0.471 e. The van der Waals surface area contributed by atoms with Gasteiger partial charge in [-0.05, 0) is 44.1 Å². The number of ether oxygens (including phenoxy) is 4. The Balaban J connectivity index is 1.09. The average Bonchev–Trinajstić information content (AvgIpc) is 3.71. The summed E-state index contributed by atoms with van der Waals surface area (Å²) in [5, 5.41) is 12.7. The zero-order valence-electron chi connectivity index (χ0n) is 21.4. The van der Waals surface area contributed by atoms with Gasteiger partial charge in [-0.15, -0.1) is 0 Å². The second-order valence-corrected chi connectivity index (χ2v) is 10.4. The smallest absolute Gasteiger partial charge is 0.296 e. The number of likely N-dealkylation sites (tertiary alicyclic amines) is 1. The van der Waals surface area contributed by atoms with E-state index in [1.54, 1.807) is 0 Å². The first-order valence-corrected chi connectivity index (χ1v) is 13.5. The molecule has 11 nitrogen and oxygen atoms in total. The predicted octanol–water partition coefficient (Wildman–Crippen LogP) is 2.20. The number of hydrogen-bond donors (Lipinski definition) is 3. The molecular weight excluding hydrogens is 552 g/mol. The fourth-order valence-corrected chi connectivity index (χ4v) is 5.38. The topological polar surface area (TPSA) is 131 Å². The van der Waals surface area contributed by atoms with E-state index in [2.05, 4.69) is 25.2 Å². The summed E-state index contributed by atoms with van der Waals surface area (Å²) < 4.78 is 52.1. The number of amides is 1. The number of imidazole rings is 1. The lowest BCUT2D eigenvalue weighted by atomic mass is 10.1. The summed E-state index contributed by atoms with van der Waals surface area (Å²) in [7, 11) is 0. The fourth-order valence-electron chi connectivity index (χ4n) is 5.17. The van der Waals surface area contributed by atoms with Crippen molar-refractivity contribution in [3.8, 4) is 11.9 Å². The molecule has 3 N–H and O–H groups in total. The first-order chi connectivity index (χ1) is 19.4. The third-order valence-electron chi connectivity index (χ3n) is 7.29. The van der Waals surface area contributed by atoms with Gasteiger partial charge in [0.25, 0.3) is 11.9 Å². The molecule has 3 fully saturated rings. The number of benzene rings is 1. The van der Waals surface area contributed by atoms with Crippen molar-refractivity contribution in [2.75, 3.05) is 39.4 Å². The molecule has 0 bridgehead atoms. The van der Waals surface area contributed by atoms with Gasteiger partial charge < -0.3 is 39.3 Å². The van der Waals surface area contributed by atoms with Gasteiger partial charge in [0.1, 0.15) is 41.6 Å². The van der Waals surface area contributed by atoms with Crippen molar-refractivity contribution in [3.05, 3.63) is 46.0 Å². The molecule has 5 heterocycles. The molecule has 0 aliphatic carbocycles. The predicted molar refractivity (Wildman–Crippen MR) is 137 cm³/mol. The fraction of sp³-hybridized carbons (Fsp3) is 0.500. The lowest BCUT2D eigenvalue weighted by Crippen LogP contribution is -2.34. The molecule has 3 aliphatic rings. The monoisotopic (exact) mass is 579 g/mol. The van der Waals surface area contributed by atoms with E-state index in [0.29, 0.717) is 18.6 Å². The first-order valence-electron chi connectivity index (χ1n) is 13.1. The minimum Gasteiger partial charge on any atom is -0.471 e. The van der Waals surface area contributed by atoms with Gasteiger partial charge in [0.2, 0.25) is 5.88 Å². The Kier molecular flexibility index (Phi) is 7.73. The summed E-state index contributed by atoms with van der Waals surface area (Å²) in [6.45, 7) is 2.96. The van der Waals surface area contributed by atoms with Gasteiger partial charge in [-0.2, -0.15) is 9.97 Å². The molecule has 14 heteroatoms. The van der Waals surface area contributed by atoms with Crippen molar-refractivity contribution in [1.29, 1.82) is 0 Å². The zero-order valence-corrected chi connectivity index (χ0v) is 22.1. The minimum atomic E-state index is -0.923. The van der Waals surface area contributed by atoms with Crippen LogP contribution in [0.25, 0.3) is 11.2 Å². The minimum absolute atomic E-state index is 0.0822. The molecule has 4 atom stereocenters. The number of halogens is 3. The Morgan fingerprint density at radius 3 is 2.67 bits per heavy atom. The maximum absolute atomic E-state index is 14.8. The molecule has 0 radical (unpaired) electrons. The van der Waals surface area contributed by atoms with E-state index in [9.17, 15) is 18.7 Å². The molecule has 2 aromatic heterocycles. The number of H-pyrrole nitrogens is 1. The number of hydrogen-bond acceptors (Lipinski definition) is 9. The van der Waals surface area contributed by atoms with Gasteiger partial charge in [0, 0.05) is 18.7 Å². The third-order valence-corrected chi connectivity index (χ3v) is 7.56. The number of nitrogens with zero attached hydrogens (tertiary/aromatic N) is 3. The van der Waals surface area contributed by atoms with Gasteiger partial charge in [-0.3, -0.25) is 4.79 Å². The van der Waals surface area contributed by atoms with E-state index >= 15 is 0 Å². The van der Waals surface area contributed by atoms with Crippen LogP contribution in [0.4, 0.5) is 8.78 Å². The first kappa shape index (κ1) is 27.1. The number of aromatic amines is 1. The molecule has 1 amide bonds. The number of aromatic nitrogens is 3. The Bertz CT molecular complexity index is 1380. The highest BCUT2D eigenvalue weighted by molar-refractivity contribution is 6.32. The van der Waals surface area contributed by atoms with E-state index in [-0.39, 0.29) is 46.9 Å². The Morgan fingerprint density at radius 2 is 1.90 bits per heavy atom. The summed E-state index contributed by atoms with van der Waals surface area (Å²) in [5.74, 6) is -2.48. The number of fused-ring (bicyclic) bond motifs is 2. The van der Waals surface area contributed by atoms with Crippen LogP contribution in [0.15, 0.2) is 18.2 Å². The lowest BCUT2D eigenvalue weighted by molar-refractivity contribution is 0.00706. The molecule has 1 unspecified atom stereocenters. The van der Waals surface area contributed by atoms with E-state index in [1.807, 2.05) is 0 Å². The summed E-state index contributed by atoms with van der Waals surface area (Å²) in [5.41, 5.74) is 0.178. The van der Waals surface area contributed by atoms with Gasteiger partial charge in [-0.1, -0.05) is 11.6 Å². The SMILES string of the molecule is O=C(NCCN1CCCC1)c1cc(F)c(COc2nc3nc(O[C@@H]4COC5[C@H](O)CO[C@@H]54)[nH]c3cc2Cl)c(F)c1. The number of pyridine rings is 1. The molecule has 0 spiro atoms. The highest BCUT2D eigenvalue weighted by Gasteiger charge is 2.48. The number of carbonyl (C=O) groups is 1. The van der Waals surface area contributed by atoms with Crippen LogP contribution in [0.3, 0.4) is 0 Å². The van der Waals surface area contributed by atoms with Crippen LogP contribution >= 0.6 is 11.6 Å². The number of aliphatic hydroxyl groups excluding tert-OH is 1. The number of aliphatic hydroxyl groups is 1. The third kappa shape index (κ3) is 5.56. The van der Waals surface area contributed by atoms with Gasteiger partial charge in [0.15, 0.2) is 11.8 Å². The second-order valence-electron chi connectivity index (χ2n) is 10.0. The molecule has 3 aliphatic heterocycles. The van der Waals surface area contributed by atoms with Gasteiger partial charge in [0.05, 0.1) is 24.3 Å². The second kappa shape index (κ2) is 11.4. The number of carbonyl (C=O) groups excluding carboxylic acids is 1. The Hall–Kier alpha value is -3.10. The van der Waals surface area contributed by atoms with E-state index in [0.717, 1.165) is 38.1 Å². The highest BCUT2D eigenvalue weighted by atomic mass is 35.5. The molecular formula is C26H28ClF2N5O6. The van der Waals surface area contributed by atoms with Crippen LogP contribution in [0.2, 0.25) is 5.02 Å². The van der Waals surface area contributed by atoms with E-state index in [4.69, 9.17) is 30.5 Å². The van der Waals surface area contributed by atoms with Crippen molar-refractivity contribution in [2.24, 2.45) is 0 Å². The Labute approximate surface area is 232 Å². The standard InChI is InChI=1S/C26H28ClF2N5O6/c27-15-9-18-23(33-26(31-18)40-20-12-38-21-19(35)11-37-22(20)21)32-25(15)39-10-14-16(28)7-13(8-17(14)29)24(36)30-3-6-34-4-1-2-5-34/h7-9,19-22,35H,1-6,10-12H2,(H,30,36)(H,31,32,33)/t19-,20-,21?,22-/m1/s1. The number of rotatable bonds is 9. The van der Waals surface area contributed by atoms with Crippen molar-refractivity contribution < 1.29 is 37.6 Å². The van der Waals surface area contributed by atoms with Gasteiger partial charge >= 0.3 is 0 Å². The molecule has 6 rings (SSSR count). The maximum Gasteiger partial charge on any atom is 0.296 e. The van der Waals surface area contributed by atoms with Crippen LogP contribution in [0, 0.1) is 11.6 Å². The molecule has 0 saturated carbocycles. The maximum atomic E-state index is 14.8. The van der Waals surface area contributed by atoms with E-state index < -0.39 is 48.6 Å². The summed E-state index contributed by atoms with van der Waals surface area (Å²) in [6.07, 6.45) is 0.219. The molecule has 3 saturated heterocycles. The Morgan fingerprint density at radius 1 is 1.15 bits per heavy atom. The zero-order chi connectivity index (χ0) is 27.8. The van der Waals surface area contributed by atoms with Crippen molar-refractivity contribution in [3.63, 3.8) is 0 Å². The van der Waals surface area contributed by atoms with Gasteiger partial charge in [-0.25, -0.2) is 8.78 Å². The lowest BCUT2D eigenvalue weighted by Gasteiger charge is -2.15. The molecule has 1 aromatic carbocycles. The van der Waals surface area contributed by atoms with Crippen LogP contribution < -0.4 is 14.8 Å². The van der Waals surface area contributed by atoms with Crippen LogP contribution in [0.5, 0.6) is 11.9 Å². The van der Waals surface area contributed by atoms with Crippen LogP contribution in [0.1, 0.15) is 28.8 Å². The van der Waals surface area contributed by atoms with E-state index in [1.165, 1.54) is 6.07 Å². The van der Waals surface area contributed by atoms with Crippen molar-refractivity contribution >= 4 is 28.7 Å². The molecule has 40 heavy (non-hydrogen) atoms. The average molecular weight is 580 g/mol. The normalized spacial score (nSPS) is 24.5.